The Bertz CT molecular complexity index is 1490. The zero-order chi connectivity index (χ0) is 23.1. The molecule has 0 saturated heterocycles. The van der Waals surface area contributed by atoms with E-state index in [1.54, 1.807) is 13.8 Å². The number of benzene rings is 1. The quantitative estimate of drug-likeness (QED) is 0.450. The van der Waals surface area contributed by atoms with Gasteiger partial charge in [0.05, 0.1) is 11.4 Å². The van der Waals surface area contributed by atoms with Gasteiger partial charge in [0.15, 0.2) is 5.82 Å². The molecule has 3 heterocycles. The number of aryl methyl sites for hydroxylation is 1. The van der Waals surface area contributed by atoms with Crippen molar-refractivity contribution in [3.05, 3.63) is 58.0 Å². The molecule has 1 unspecified atom stereocenters. The third-order valence-corrected chi connectivity index (χ3v) is 5.70. The summed E-state index contributed by atoms with van der Waals surface area (Å²) in [6, 6.07) is 7.72. The average molecular weight is 441 g/mol. The van der Waals surface area contributed by atoms with Crippen LogP contribution in [-0.2, 0) is 0 Å². The molecule has 1 aliphatic rings. The smallest absolute Gasteiger partial charge is 0.265 e. The van der Waals surface area contributed by atoms with Crippen LogP contribution in [0.2, 0.25) is 0 Å². The highest BCUT2D eigenvalue weighted by molar-refractivity contribution is 5.88. The first-order valence-electron chi connectivity index (χ1n) is 10.8. The Kier molecular flexibility index (Phi) is 5.05. The van der Waals surface area contributed by atoms with E-state index in [1.165, 1.54) is 6.33 Å². The SMILES string of the molecule is CC#Cc1cccc2cc(C(C)Nc3ncnc(N)c3-c3nc(C)no3)n(C3CC3)c(=O)c12. The Hall–Kier alpha value is -4.19. The maximum Gasteiger partial charge on any atom is 0.265 e. The molecule has 0 amide bonds. The molecule has 1 saturated carbocycles. The summed E-state index contributed by atoms with van der Waals surface area (Å²) in [5, 5.41) is 8.74. The largest absolute Gasteiger partial charge is 0.383 e. The number of hydrogen-bond acceptors (Lipinski definition) is 8. The zero-order valence-corrected chi connectivity index (χ0v) is 18.6. The van der Waals surface area contributed by atoms with Gasteiger partial charge in [-0.3, -0.25) is 4.79 Å². The molecule has 33 heavy (non-hydrogen) atoms. The van der Waals surface area contributed by atoms with Crippen LogP contribution in [0.3, 0.4) is 0 Å². The number of aromatic nitrogens is 5. The Labute approximate surface area is 190 Å². The molecule has 5 rings (SSSR count). The Balaban J connectivity index is 1.63. The Morgan fingerprint density at radius 1 is 1.30 bits per heavy atom. The van der Waals surface area contributed by atoms with Crippen molar-refractivity contribution in [2.24, 2.45) is 0 Å². The number of pyridine rings is 1. The number of rotatable bonds is 5. The Morgan fingerprint density at radius 2 is 2.12 bits per heavy atom. The summed E-state index contributed by atoms with van der Waals surface area (Å²) in [6.45, 7) is 5.48. The van der Waals surface area contributed by atoms with Crippen LogP contribution >= 0.6 is 0 Å². The highest BCUT2D eigenvalue weighted by Gasteiger charge is 2.30. The molecule has 166 valence electrons. The lowest BCUT2D eigenvalue weighted by Gasteiger charge is -2.22. The number of nitrogen functional groups attached to an aromatic ring is 1. The molecule has 0 bridgehead atoms. The topological polar surface area (TPSA) is 125 Å². The predicted molar refractivity (Wildman–Crippen MR) is 126 cm³/mol. The number of fused-ring (bicyclic) bond motifs is 1. The summed E-state index contributed by atoms with van der Waals surface area (Å²) in [6.07, 6.45) is 3.32. The van der Waals surface area contributed by atoms with Gasteiger partial charge in [0, 0.05) is 17.3 Å². The number of nitrogens with two attached hydrogens (primary N) is 1. The normalized spacial score (nSPS) is 14.0. The van der Waals surface area contributed by atoms with Crippen LogP contribution in [0.1, 0.15) is 55.9 Å². The lowest BCUT2D eigenvalue weighted by atomic mass is 10.0. The van der Waals surface area contributed by atoms with Crippen LogP contribution in [0.5, 0.6) is 0 Å². The van der Waals surface area contributed by atoms with Crippen molar-refractivity contribution in [2.45, 2.75) is 45.7 Å². The molecular formula is C24H23N7O2. The maximum absolute atomic E-state index is 13.6. The van der Waals surface area contributed by atoms with E-state index in [2.05, 4.69) is 43.3 Å². The van der Waals surface area contributed by atoms with Gasteiger partial charge in [0.2, 0.25) is 0 Å². The third-order valence-electron chi connectivity index (χ3n) is 5.70. The standard InChI is InChI=1S/C24H23N7O2/c1-4-6-15-7-5-8-16-11-18(31(17-9-10-17)24(32)19(15)16)13(2)28-22-20(21(25)26-12-27-22)23-29-14(3)30-33-23/h5,7-8,11-13,17H,9-10H2,1-3H3,(H3,25,26,27,28). The van der Waals surface area contributed by atoms with Crippen molar-refractivity contribution >= 4 is 22.4 Å². The van der Waals surface area contributed by atoms with Gasteiger partial charge < -0.3 is 20.1 Å². The molecule has 1 aromatic carbocycles. The van der Waals surface area contributed by atoms with Crippen molar-refractivity contribution < 1.29 is 4.52 Å². The fourth-order valence-electron chi connectivity index (χ4n) is 4.07. The summed E-state index contributed by atoms with van der Waals surface area (Å²) in [5.74, 6) is 7.38. The average Bonchev–Trinajstić information content (AvgIpc) is 3.54. The van der Waals surface area contributed by atoms with Gasteiger partial charge in [-0.15, -0.1) is 5.92 Å². The molecule has 9 nitrogen and oxygen atoms in total. The molecule has 9 heteroatoms. The van der Waals surface area contributed by atoms with Gasteiger partial charge >= 0.3 is 0 Å². The lowest BCUT2D eigenvalue weighted by Crippen LogP contribution is -2.27. The van der Waals surface area contributed by atoms with Crippen LogP contribution in [0.15, 0.2) is 39.9 Å². The van der Waals surface area contributed by atoms with Crippen molar-refractivity contribution in [2.75, 3.05) is 11.1 Å². The van der Waals surface area contributed by atoms with Crippen LogP contribution < -0.4 is 16.6 Å². The van der Waals surface area contributed by atoms with Gasteiger partial charge in [0.25, 0.3) is 11.4 Å². The summed E-state index contributed by atoms with van der Waals surface area (Å²) in [5.41, 5.74) is 8.15. The van der Waals surface area contributed by atoms with E-state index in [4.69, 9.17) is 10.3 Å². The van der Waals surface area contributed by atoms with E-state index in [0.717, 1.165) is 29.5 Å². The fraction of sp³-hybridized carbons (Fsp3) is 0.292. The molecule has 0 spiro atoms. The van der Waals surface area contributed by atoms with Crippen molar-refractivity contribution in [1.29, 1.82) is 0 Å². The van der Waals surface area contributed by atoms with Gasteiger partial charge in [-0.2, -0.15) is 4.98 Å². The molecule has 0 radical (unpaired) electrons. The number of nitrogens with one attached hydrogen (secondary N) is 1. The number of hydrogen-bond donors (Lipinski definition) is 2. The lowest BCUT2D eigenvalue weighted by molar-refractivity contribution is 0.425. The van der Waals surface area contributed by atoms with Crippen LogP contribution in [-0.4, -0.2) is 24.7 Å². The van der Waals surface area contributed by atoms with Gasteiger partial charge in [-0.05, 0) is 51.1 Å². The molecule has 3 N–H and O–H groups in total. The second-order valence-corrected chi connectivity index (χ2v) is 8.12. The number of anilines is 2. The summed E-state index contributed by atoms with van der Waals surface area (Å²) in [7, 11) is 0. The summed E-state index contributed by atoms with van der Waals surface area (Å²) < 4.78 is 7.21. The van der Waals surface area contributed by atoms with E-state index >= 15 is 0 Å². The zero-order valence-electron chi connectivity index (χ0n) is 18.6. The van der Waals surface area contributed by atoms with E-state index in [9.17, 15) is 4.79 Å². The summed E-state index contributed by atoms with van der Waals surface area (Å²) in [4.78, 5) is 26.3. The van der Waals surface area contributed by atoms with Gasteiger partial charge in [-0.25, -0.2) is 9.97 Å². The van der Waals surface area contributed by atoms with Crippen LogP contribution in [0, 0.1) is 18.8 Å². The van der Waals surface area contributed by atoms with Gasteiger partial charge in [0.1, 0.15) is 23.5 Å². The highest BCUT2D eigenvalue weighted by atomic mass is 16.5. The van der Waals surface area contributed by atoms with E-state index in [0.29, 0.717) is 22.6 Å². The first-order valence-corrected chi connectivity index (χ1v) is 10.8. The van der Waals surface area contributed by atoms with E-state index in [1.807, 2.05) is 29.7 Å². The molecule has 4 aromatic rings. The first-order chi connectivity index (χ1) is 16.0. The molecule has 1 atom stereocenters. The molecule has 0 aliphatic heterocycles. The third kappa shape index (κ3) is 3.69. The van der Waals surface area contributed by atoms with Crippen LogP contribution in [0.25, 0.3) is 22.2 Å². The summed E-state index contributed by atoms with van der Waals surface area (Å²) >= 11 is 0. The molecular weight excluding hydrogens is 418 g/mol. The highest BCUT2D eigenvalue weighted by Crippen LogP contribution is 2.38. The first kappa shape index (κ1) is 20.7. The minimum Gasteiger partial charge on any atom is -0.383 e. The van der Waals surface area contributed by atoms with Crippen molar-refractivity contribution in [1.82, 2.24) is 24.7 Å². The molecule has 1 aliphatic carbocycles. The van der Waals surface area contributed by atoms with E-state index < -0.39 is 0 Å². The monoisotopic (exact) mass is 441 g/mol. The Morgan fingerprint density at radius 3 is 2.82 bits per heavy atom. The second-order valence-electron chi connectivity index (χ2n) is 8.12. The second kappa shape index (κ2) is 8.06. The van der Waals surface area contributed by atoms with E-state index in [-0.39, 0.29) is 29.4 Å². The maximum atomic E-state index is 13.6. The number of nitrogens with zero attached hydrogens (tertiary/aromatic N) is 5. The minimum absolute atomic E-state index is 0.0213. The van der Waals surface area contributed by atoms with Crippen molar-refractivity contribution in [3.63, 3.8) is 0 Å². The minimum atomic E-state index is -0.263. The van der Waals surface area contributed by atoms with Crippen molar-refractivity contribution in [3.8, 4) is 23.3 Å². The van der Waals surface area contributed by atoms with Crippen LogP contribution in [0.4, 0.5) is 11.6 Å². The molecule has 1 fully saturated rings. The van der Waals surface area contributed by atoms with Gasteiger partial charge in [-0.1, -0.05) is 23.2 Å². The predicted octanol–water partition coefficient (Wildman–Crippen LogP) is 3.61. The fourth-order valence-corrected chi connectivity index (χ4v) is 4.07. The molecule has 3 aromatic heterocycles.